The largest absolute Gasteiger partial charge is 0.400 e. The van der Waals surface area contributed by atoms with Gasteiger partial charge >= 0.3 is 10.4 Å². The molecule has 2 aliphatic rings. The lowest BCUT2D eigenvalue weighted by Crippen LogP contribution is -2.50. The first-order chi connectivity index (χ1) is 9.99. The van der Waals surface area contributed by atoms with Crippen molar-refractivity contribution in [2.24, 2.45) is 0 Å². The van der Waals surface area contributed by atoms with E-state index in [-0.39, 0.29) is 19.4 Å². The van der Waals surface area contributed by atoms with E-state index in [0.717, 1.165) is 0 Å². The van der Waals surface area contributed by atoms with Crippen LogP contribution >= 0.6 is 0 Å². The SMILES string of the molecule is CCOS(=O)(=O)CCC1OS(=O)(=O)OC12CCS(=O)(=O)OC2. The lowest BCUT2D eigenvalue weighted by Gasteiger charge is -2.33. The fourth-order valence-electron chi connectivity index (χ4n) is 2.25. The van der Waals surface area contributed by atoms with Gasteiger partial charge in [0.2, 0.25) is 0 Å². The molecule has 130 valence electrons. The Hall–Kier alpha value is -0.310. The fourth-order valence-corrected chi connectivity index (χ4v) is 5.56. The van der Waals surface area contributed by atoms with Crippen LogP contribution in [0, 0.1) is 0 Å². The van der Waals surface area contributed by atoms with Crippen LogP contribution in [0.4, 0.5) is 0 Å². The van der Waals surface area contributed by atoms with Crippen molar-refractivity contribution in [1.82, 2.24) is 0 Å². The smallest absolute Gasteiger partial charge is 0.270 e. The van der Waals surface area contributed by atoms with Gasteiger partial charge < -0.3 is 0 Å². The highest BCUT2D eigenvalue weighted by Gasteiger charge is 2.56. The zero-order valence-corrected chi connectivity index (χ0v) is 14.1. The molecule has 13 heteroatoms. The molecule has 0 bridgehead atoms. The third-order valence-electron chi connectivity index (χ3n) is 3.27. The normalized spacial score (nSPS) is 34.0. The van der Waals surface area contributed by atoms with Crippen molar-refractivity contribution in [3.63, 3.8) is 0 Å². The first-order valence-corrected chi connectivity index (χ1v) is 10.9. The van der Waals surface area contributed by atoms with E-state index in [1.54, 1.807) is 0 Å². The fraction of sp³-hybridized carbons (Fsp3) is 1.00. The van der Waals surface area contributed by atoms with Crippen LogP contribution in [-0.4, -0.2) is 61.7 Å². The summed E-state index contributed by atoms with van der Waals surface area (Å²) in [5.41, 5.74) is -1.54. The van der Waals surface area contributed by atoms with Crippen LogP contribution in [0.2, 0.25) is 0 Å². The van der Waals surface area contributed by atoms with Crippen molar-refractivity contribution < 1.29 is 42.0 Å². The quantitative estimate of drug-likeness (QED) is 0.539. The summed E-state index contributed by atoms with van der Waals surface area (Å²) in [6.45, 7) is 0.904. The average Bonchev–Trinajstić information content (AvgIpc) is 2.63. The highest BCUT2D eigenvalue weighted by Crippen LogP contribution is 2.39. The second-order valence-corrected chi connectivity index (χ2v) is 9.57. The van der Waals surface area contributed by atoms with Crippen LogP contribution in [0.3, 0.4) is 0 Å². The molecule has 2 atom stereocenters. The zero-order valence-electron chi connectivity index (χ0n) is 11.6. The molecule has 22 heavy (non-hydrogen) atoms. The number of hydrogen-bond acceptors (Lipinski definition) is 10. The van der Waals surface area contributed by atoms with Gasteiger partial charge in [-0.1, -0.05) is 0 Å². The van der Waals surface area contributed by atoms with E-state index in [2.05, 4.69) is 8.37 Å². The van der Waals surface area contributed by atoms with Crippen molar-refractivity contribution in [2.45, 2.75) is 31.5 Å². The first-order valence-electron chi connectivity index (χ1n) is 6.37. The number of rotatable bonds is 5. The van der Waals surface area contributed by atoms with Crippen molar-refractivity contribution in [3.8, 4) is 0 Å². The molecule has 0 radical (unpaired) electrons. The molecule has 0 saturated carbocycles. The second-order valence-electron chi connectivity index (χ2n) is 4.87. The Morgan fingerprint density at radius 3 is 2.50 bits per heavy atom. The Morgan fingerprint density at radius 2 is 1.95 bits per heavy atom. The molecule has 2 aliphatic heterocycles. The molecule has 2 fully saturated rings. The highest BCUT2D eigenvalue weighted by molar-refractivity contribution is 7.87. The lowest BCUT2D eigenvalue weighted by atomic mass is 9.93. The predicted octanol–water partition coefficient (Wildman–Crippen LogP) is -1.11. The molecular formula is C9H16O10S3. The van der Waals surface area contributed by atoms with E-state index in [1.165, 1.54) is 6.92 Å². The van der Waals surface area contributed by atoms with Gasteiger partial charge in [-0.2, -0.15) is 25.3 Å². The van der Waals surface area contributed by atoms with Crippen LogP contribution in [-0.2, 0) is 47.4 Å². The van der Waals surface area contributed by atoms with Gasteiger partial charge in [0.15, 0.2) is 0 Å². The summed E-state index contributed by atoms with van der Waals surface area (Å²) in [6.07, 6.45) is -1.57. The van der Waals surface area contributed by atoms with Gasteiger partial charge in [0.05, 0.1) is 24.7 Å². The molecule has 0 N–H and O–H groups in total. The molecule has 2 saturated heterocycles. The maximum absolute atomic E-state index is 11.5. The molecular weight excluding hydrogens is 364 g/mol. The van der Waals surface area contributed by atoms with Crippen LogP contribution in [0.25, 0.3) is 0 Å². The number of hydrogen-bond donors (Lipinski definition) is 0. The van der Waals surface area contributed by atoms with Gasteiger partial charge in [0, 0.05) is 0 Å². The van der Waals surface area contributed by atoms with E-state index < -0.39 is 60.5 Å². The maximum Gasteiger partial charge on any atom is 0.400 e. The summed E-state index contributed by atoms with van der Waals surface area (Å²) in [7, 11) is -11.9. The van der Waals surface area contributed by atoms with Crippen molar-refractivity contribution in [3.05, 3.63) is 0 Å². The van der Waals surface area contributed by atoms with Crippen LogP contribution in [0.5, 0.6) is 0 Å². The van der Waals surface area contributed by atoms with E-state index in [1.807, 2.05) is 0 Å². The summed E-state index contributed by atoms with van der Waals surface area (Å²) in [6, 6.07) is 0. The van der Waals surface area contributed by atoms with Crippen molar-refractivity contribution in [2.75, 3.05) is 24.7 Å². The van der Waals surface area contributed by atoms with Crippen LogP contribution in [0.1, 0.15) is 19.8 Å². The molecule has 2 heterocycles. The molecule has 0 aromatic rings. The summed E-state index contributed by atoms with van der Waals surface area (Å²) in [5.74, 6) is -0.931. The molecule has 0 aliphatic carbocycles. The molecule has 10 nitrogen and oxygen atoms in total. The molecule has 0 aromatic carbocycles. The van der Waals surface area contributed by atoms with Gasteiger partial charge in [-0.3, -0.25) is 8.37 Å². The zero-order chi connectivity index (χ0) is 16.6. The summed E-state index contributed by atoms with van der Waals surface area (Å²) in [5, 5.41) is 0. The van der Waals surface area contributed by atoms with Gasteiger partial charge in [-0.25, -0.2) is 8.37 Å². The Bertz CT molecular complexity index is 706. The molecule has 0 aromatic heterocycles. The third kappa shape index (κ3) is 4.15. The Labute approximate surface area is 129 Å². The van der Waals surface area contributed by atoms with Gasteiger partial charge in [-0.05, 0) is 19.8 Å². The van der Waals surface area contributed by atoms with Gasteiger partial charge in [0.1, 0.15) is 11.7 Å². The van der Waals surface area contributed by atoms with E-state index in [0.29, 0.717) is 0 Å². The van der Waals surface area contributed by atoms with Crippen LogP contribution < -0.4 is 0 Å². The standard InChI is InChI=1S/C9H16O10S3/c1-2-16-20(10,11)5-3-8-9(19-22(14,15)18-8)4-6-21(12,13)17-7-9/h8H,2-7H2,1H3. The highest BCUT2D eigenvalue weighted by atomic mass is 32.3. The predicted molar refractivity (Wildman–Crippen MR) is 72.0 cm³/mol. The second kappa shape index (κ2) is 5.96. The third-order valence-corrected chi connectivity index (χ3v) is 6.79. The minimum atomic E-state index is -4.33. The summed E-state index contributed by atoms with van der Waals surface area (Å²) >= 11 is 0. The van der Waals surface area contributed by atoms with Gasteiger partial charge in [-0.15, -0.1) is 0 Å². The Morgan fingerprint density at radius 1 is 1.27 bits per heavy atom. The molecule has 0 amide bonds. The molecule has 2 rings (SSSR count). The minimum Gasteiger partial charge on any atom is -0.270 e. The van der Waals surface area contributed by atoms with E-state index in [4.69, 9.17) is 8.37 Å². The van der Waals surface area contributed by atoms with Crippen molar-refractivity contribution in [1.29, 1.82) is 0 Å². The minimum absolute atomic E-state index is 0.0465. The Balaban J connectivity index is 2.14. The van der Waals surface area contributed by atoms with E-state index in [9.17, 15) is 25.3 Å². The molecule has 2 unspecified atom stereocenters. The first kappa shape index (κ1) is 18.0. The summed E-state index contributed by atoms with van der Waals surface area (Å²) < 4.78 is 87.4. The average molecular weight is 380 g/mol. The van der Waals surface area contributed by atoms with E-state index >= 15 is 0 Å². The lowest BCUT2D eigenvalue weighted by molar-refractivity contribution is -0.0169. The topological polar surface area (TPSA) is 139 Å². The van der Waals surface area contributed by atoms with Crippen LogP contribution in [0.15, 0.2) is 0 Å². The molecule has 1 spiro atoms. The summed E-state index contributed by atoms with van der Waals surface area (Å²) in [4.78, 5) is 0. The van der Waals surface area contributed by atoms with Crippen molar-refractivity contribution >= 4 is 30.6 Å². The Kier molecular flexibility index (Phi) is 4.88. The monoisotopic (exact) mass is 380 g/mol. The van der Waals surface area contributed by atoms with Gasteiger partial charge in [0.25, 0.3) is 20.2 Å². The maximum atomic E-state index is 11.5.